The summed E-state index contributed by atoms with van der Waals surface area (Å²) >= 11 is 1.75. The molecule has 0 bridgehead atoms. The molecule has 3 aliphatic rings. The van der Waals surface area contributed by atoms with Crippen LogP contribution in [0.15, 0.2) is 10.4 Å². The van der Waals surface area contributed by atoms with Crippen molar-refractivity contribution < 1.29 is 4.74 Å². The van der Waals surface area contributed by atoms with Gasteiger partial charge in [0.2, 0.25) is 0 Å². The number of nitrogens with one attached hydrogen (secondary N) is 2. The van der Waals surface area contributed by atoms with E-state index in [0.29, 0.717) is 17.6 Å². The highest BCUT2D eigenvalue weighted by Crippen LogP contribution is 2.54. The summed E-state index contributed by atoms with van der Waals surface area (Å²) in [5.74, 6) is 1.69. The zero-order chi connectivity index (χ0) is 21.0. The third kappa shape index (κ3) is 4.83. The van der Waals surface area contributed by atoms with E-state index in [1.165, 1.54) is 49.2 Å². The number of nitrogens with zero attached hydrogens (tertiary/aromatic N) is 3. The van der Waals surface area contributed by atoms with Crippen LogP contribution >= 0.6 is 11.3 Å². The second kappa shape index (κ2) is 9.96. The Kier molecular flexibility index (Phi) is 7.32. The summed E-state index contributed by atoms with van der Waals surface area (Å²) in [4.78, 5) is 11.7. The number of thiazole rings is 1. The van der Waals surface area contributed by atoms with E-state index in [0.717, 1.165) is 51.1 Å². The van der Waals surface area contributed by atoms with Gasteiger partial charge in [-0.25, -0.2) is 4.98 Å². The molecule has 2 N–H and O–H groups in total. The lowest BCUT2D eigenvalue weighted by molar-refractivity contribution is -0.125. The first-order chi connectivity index (χ1) is 14.6. The predicted molar refractivity (Wildman–Crippen MR) is 124 cm³/mol. The highest BCUT2D eigenvalue weighted by molar-refractivity contribution is 7.09. The van der Waals surface area contributed by atoms with Crippen LogP contribution in [0.3, 0.4) is 0 Å². The van der Waals surface area contributed by atoms with Gasteiger partial charge in [0.25, 0.3) is 0 Å². The van der Waals surface area contributed by atoms with Crippen LogP contribution < -0.4 is 10.6 Å². The summed E-state index contributed by atoms with van der Waals surface area (Å²) in [5.41, 5.74) is 1.57. The Bertz CT molecular complexity index is 706. The smallest absolute Gasteiger partial charge is 0.191 e. The summed E-state index contributed by atoms with van der Waals surface area (Å²) in [5, 5.41) is 10.7. The Balaban J connectivity index is 1.20. The number of aryl methyl sites for hydroxylation is 1. The Labute approximate surface area is 185 Å². The molecule has 3 fully saturated rings. The first-order valence-corrected chi connectivity index (χ1v) is 12.7. The minimum atomic E-state index is 0.340. The molecule has 0 amide bonds. The first kappa shape index (κ1) is 22.0. The Morgan fingerprint density at radius 3 is 2.73 bits per heavy atom. The standard InChI is InChI=1S/C23H39N5OS/c1-4-29-21-13-20(23(21)9-5-6-10-23)27-22(24-3)25-14-18-7-11-28(12-8-18)15-19-16-30-17(2)26-19/h16,18,20-21H,4-15H2,1-3H3,(H2,24,25,27). The molecule has 1 aliphatic heterocycles. The molecule has 1 aromatic rings. The van der Waals surface area contributed by atoms with Gasteiger partial charge in [-0.05, 0) is 65.0 Å². The second-order valence-corrected chi connectivity index (χ2v) is 10.4. The molecule has 168 valence electrons. The molecule has 2 saturated carbocycles. The summed E-state index contributed by atoms with van der Waals surface area (Å²) in [6.07, 6.45) is 9.31. The number of aromatic nitrogens is 1. The van der Waals surface area contributed by atoms with E-state index in [9.17, 15) is 0 Å². The van der Waals surface area contributed by atoms with Gasteiger partial charge in [-0.1, -0.05) is 12.8 Å². The maximum absolute atomic E-state index is 6.06. The number of hydrogen-bond acceptors (Lipinski definition) is 5. The molecule has 2 atom stereocenters. The SMILES string of the molecule is CCOC1CC(NC(=NC)NCC2CCN(Cc3csc(C)n3)CC2)C12CCCC2. The fourth-order valence-electron chi connectivity index (χ4n) is 5.75. The zero-order valence-electron chi connectivity index (χ0n) is 19.0. The van der Waals surface area contributed by atoms with E-state index >= 15 is 0 Å². The zero-order valence-corrected chi connectivity index (χ0v) is 19.8. The lowest BCUT2D eigenvalue weighted by atomic mass is 9.60. The summed E-state index contributed by atoms with van der Waals surface area (Å²) in [6, 6.07) is 0.506. The van der Waals surface area contributed by atoms with Gasteiger partial charge in [-0.3, -0.25) is 9.89 Å². The van der Waals surface area contributed by atoms with E-state index in [4.69, 9.17) is 4.74 Å². The molecule has 30 heavy (non-hydrogen) atoms. The molecule has 0 aromatic carbocycles. The number of aliphatic imine (C=N–C) groups is 1. The average Bonchev–Trinajstić information content (AvgIpc) is 3.42. The molecule has 2 aliphatic carbocycles. The van der Waals surface area contributed by atoms with Gasteiger partial charge in [0, 0.05) is 43.6 Å². The van der Waals surface area contributed by atoms with Crippen molar-refractivity contribution in [2.24, 2.45) is 16.3 Å². The van der Waals surface area contributed by atoms with Crippen molar-refractivity contribution in [1.29, 1.82) is 0 Å². The maximum Gasteiger partial charge on any atom is 0.191 e. The normalized spacial score (nSPS) is 27.4. The van der Waals surface area contributed by atoms with Crippen molar-refractivity contribution in [2.75, 3.05) is 33.3 Å². The van der Waals surface area contributed by atoms with Crippen LogP contribution in [0.25, 0.3) is 0 Å². The van der Waals surface area contributed by atoms with E-state index < -0.39 is 0 Å². The van der Waals surface area contributed by atoms with Crippen LogP contribution in [-0.2, 0) is 11.3 Å². The minimum Gasteiger partial charge on any atom is -0.378 e. The van der Waals surface area contributed by atoms with Gasteiger partial charge in [-0.15, -0.1) is 11.3 Å². The monoisotopic (exact) mass is 433 g/mol. The van der Waals surface area contributed by atoms with Crippen LogP contribution in [0, 0.1) is 18.3 Å². The molecule has 1 aromatic heterocycles. The topological polar surface area (TPSA) is 61.8 Å². The molecule has 1 spiro atoms. The van der Waals surface area contributed by atoms with Gasteiger partial charge in [0.1, 0.15) is 0 Å². The fourth-order valence-corrected chi connectivity index (χ4v) is 6.35. The lowest BCUT2D eigenvalue weighted by Crippen LogP contribution is -2.65. The third-order valence-corrected chi connectivity index (χ3v) is 8.36. The van der Waals surface area contributed by atoms with E-state index in [2.05, 4.69) is 44.7 Å². The largest absolute Gasteiger partial charge is 0.378 e. The van der Waals surface area contributed by atoms with Crippen LogP contribution in [-0.4, -0.2) is 61.3 Å². The van der Waals surface area contributed by atoms with Gasteiger partial charge in [-0.2, -0.15) is 0 Å². The number of ether oxygens (including phenoxy) is 1. The second-order valence-electron chi connectivity index (χ2n) is 9.35. The van der Waals surface area contributed by atoms with Crippen LogP contribution in [0.4, 0.5) is 0 Å². The van der Waals surface area contributed by atoms with E-state index in [1.54, 1.807) is 11.3 Å². The van der Waals surface area contributed by atoms with Crippen LogP contribution in [0.2, 0.25) is 0 Å². The Morgan fingerprint density at radius 1 is 1.33 bits per heavy atom. The Morgan fingerprint density at radius 2 is 2.10 bits per heavy atom. The van der Waals surface area contributed by atoms with E-state index in [1.807, 2.05) is 7.05 Å². The van der Waals surface area contributed by atoms with Crippen LogP contribution in [0.1, 0.15) is 62.6 Å². The van der Waals surface area contributed by atoms with Crippen molar-refractivity contribution in [1.82, 2.24) is 20.5 Å². The Hall–Kier alpha value is -1.18. The maximum atomic E-state index is 6.06. The summed E-state index contributed by atoms with van der Waals surface area (Å²) in [6.45, 7) is 9.37. The molecule has 0 radical (unpaired) electrons. The van der Waals surface area contributed by atoms with Crippen molar-refractivity contribution >= 4 is 17.3 Å². The predicted octanol–water partition coefficient (Wildman–Crippen LogP) is 3.57. The minimum absolute atomic E-state index is 0.340. The van der Waals surface area contributed by atoms with Crippen molar-refractivity contribution in [3.63, 3.8) is 0 Å². The number of guanidine groups is 1. The fraction of sp³-hybridized carbons (Fsp3) is 0.826. The van der Waals surface area contributed by atoms with Gasteiger partial charge in [0.05, 0.1) is 16.8 Å². The average molecular weight is 434 g/mol. The highest BCUT2D eigenvalue weighted by Gasteiger charge is 2.56. The quantitative estimate of drug-likeness (QED) is 0.508. The van der Waals surface area contributed by atoms with Gasteiger partial charge < -0.3 is 15.4 Å². The summed E-state index contributed by atoms with van der Waals surface area (Å²) < 4.78 is 6.06. The molecule has 6 nitrogen and oxygen atoms in total. The molecule has 2 heterocycles. The van der Waals surface area contributed by atoms with Crippen molar-refractivity contribution in [3.8, 4) is 0 Å². The van der Waals surface area contributed by atoms with Crippen molar-refractivity contribution in [3.05, 3.63) is 16.1 Å². The van der Waals surface area contributed by atoms with Crippen LogP contribution in [0.5, 0.6) is 0 Å². The number of likely N-dealkylation sites (tertiary alicyclic amines) is 1. The summed E-state index contributed by atoms with van der Waals surface area (Å²) in [7, 11) is 1.90. The van der Waals surface area contributed by atoms with E-state index in [-0.39, 0.29) is 0 Å². The molecular formula is C23H39N5OS. The lowest BCUT2D eigenvalue weighted by Gasteiger charge is -2.54. The first-order valence-electron chi connectivity index (χ1n) is 11.8. The highest BCUT2D eigenvalue weighted by atomic mass is 32.1. The molecule has 2 unspecified atom stereocenters. The van der Waals surface area contributed by atoms with Gasteiger partial charge >= 0.3 is 0 Å². The van der Waals surface area contributed by atoms with Gasteiger partial charge in [0.15, 0.2) is 5.96 Å². The third-order valence-electron chi connectivity index (χ3n) is 7.54. The molecular weight excluding hydrogens is 394 g/mol. The number of hydrogen-bond donors (Lipinski definition) is 2. The number of piperidine rings is 1. The molecule has 1 saturated heterocycles. The molecule has 4 rings (SSSR count). The molecule has 7 heteroatoms. The van der Waals surface area contributed by atoms with Crippen molar-refractivity contribution in [2.45, 2.75) is 77.5 Å². The number of rotatable bonds is 7.